The Morgan fingerprint density at radius 1 is 0.439 bits per heavy atom. The fraction of sp³-hybridized carbons (Fsp3) is 0.0370. The molecule has 2 unspecified atom stereocenters. The molecule has 0 saturated carbocycles. The van der Waals surface area contributed by atoms with Gasteiger partial charge in [0.2, 0.25) is 0 Å². The Hall–Kier alpha value is -7.36. The fourth-order valence-electron chi connectivity index (χ4n) is 7.95. The zero-order valence-electron chi connectivity index (χ0n) is 49.7. The molecule has 0 aliphatic heterocycles. The Morgan fingerprint density at radius 2 is 1.07 bits per heavy atom. The normalized spacial score (nSPS) is 20.4. The van der Waals surface area contributed by atoms with E-state index in [1.165, 1.54) is 15.2 Å². The van der Waals surface area contributed by atoms with Crippen molar-refractivity contribution in [2.75, 3.05) is 0 Å². The Kier molecular flexibility index (Phi) is 3.99. The van der Waals surface area contributed by atoms with Crippen molar-refractivity contribution in [2.24, 2.45) is 0 Å². The number of benzene rings is 8. The first kappa shape index (κ1) is 18.1. The second-order valence-electron chi connectivity index (χ2n) is 13.5. The third kappa shape index (κ3) is 4.85. The molecule has 0 fully saturated rings. The summed E-state index contributed by atoms with van der Waals surface area (Å²) in [6.07, 6.45) is -2.12. The Bertz CT molecular complexity index is 4500. The van der Waals surface area contributed by atoms with Gasteiger partial charge in [-0.3, -0.25) is 0 Å². The molecule has 11 aromatic rings. The van der Waals surface area contributed by atoms with Crippen molar-refractivity contribution in [3.8, 4) is 39.3 Å². The third-order valence-electron chi connectivity index (χ3n) is 10.4. The van der Waals surface area contributed by atoms with E-state index >= 15 is 0 Å². The van der Waals surface area contributed by atoms with Gasteiger partial charge in [-0.1, -0.05) is 127 Å². The molecule has 0 spiro atoms. The van der Waals surface area contributed by atoms with Crippen molar-refractivity contribution >= 4 is 60.6 Å². The van der Waals surface area contributed by atoms with Gasteiger partial charge in [0.25, 0.3) is 0 Å². The molecule has 57 heavy (non-hydrogen) atoms. The van der Waals surface area contributed by atoms with Crippen LogP contribution in [-0.4, -0.2) is 13.7 Å². The lowest BCUT2D eigenvalue weighted by Gasteiger charge is -2.13. The molecule has 1 aliphatic rings. The number of allylic oxidation sites excluding steroid dienone is 1. The van der Waals surface area contributed by atoms with Crippen LogP contribution in [0.25, 0.3) is 99.9 Å². The molecule has 3 heterocycles. The lowest BCUT2D eigenvalue weighted by molar-refractivity contribution is 0.968. The third-order valence-corrected chi connectivity index (χ3v) is 10.4. The molecule has 0 saturated heterocycles. The number of para-hydroxylation sites is 4. The van der Waals surface area contributed by atoms with E-state index in [9.17, 15) is 16.4 Å². The van der Waals surface area contributed by atoms with Crippen molar-refractivity contribution < 1.29 is 27.4 Å². The molecule has 3 aromatic heterocycles. The van der Waals surface area contributed by atoms with Crippen LogP contribution in [-0.2, 0) is 6.40 Å². The summed E-state index contributed by atoms with van der Waals surface area (Å²) >= 11 is 0. The molecular formula is C54H37N3. The largest absolute Gasteiger partial charge is 0.310 e. The molecule has 12 rings (SSSR count). The van der Waals surface area contributed by atoms with Crippen molar-refractivity contribution in [1.29, 1.82) is 0 Å². The van der Waals surface area contributed by atoms with Crippen LogP contribution >= 0.6 is 0 Å². The lowest BCUT2D eigenvalue weighted by Crippen LogP contribution is -2.00. The first-order valence-corrected chi connectivity index (χ1v) is 18.1. The quantitative estimate of drug-likeness (QED) is 0.167. The molecule has 0 radical (unpaired) electrons. The van der Waals surface area contributed by atoms with Gasteiger partial charge < -0.3 is 13.7 Å². The topological polar surface area (TPSA) is 14.8 Å². The van der Waals surface area contributed by atoms with Crippen LogP contribution in [0.5, 0.6) is 0 Å². The van der Waals surface area contributed by atoms with Gasteiger partial charge in [0, 0.05) is 58.0 Å². The van der Waals surface area contributed by atoms with Crippen LogP contribution < -0.4 is 0 Å². The Morgan fingerprint density at radius 3 is 1.88 bits per heavy atom. The number of fused-ring (bicyclic) bond motifs is 9. The molecule has 3 nitrogen and oxygen atoms in total. The van der Waals surface area contributed by atoms with Crippen molar-refractivity contribution in [3.05, 3.63) is 205 Å². The highest BCUT2D eigenvalue weighted by molar-refractivity contribution is 6.14. The molecule has 0 bridgehead atoms. The monoisotopic (exact) mass is 747 g/mol. The number of aryl methyl sites for hydroxylation is 1. The zero-order valence-corrected chi connectivity index (χ0v) is 29.7. The summed E-state index contributed by atoms with van der Waals surface area (Å²) in [5, 5.41) is -1.04. The van der Waals surface area contributed by atoms with E-state index in [4.69, 9.17) is 11.0 Å². The number of hydrogen-bond donors (Lipinski definition) is 0. The van der Waals surface area contributed by atoms with Gasteiger partial charge in [-0.15, -0.1) is 0 Å². The Labute approximate surface area is 358 Å². The van der Waals surface area contributed by atoms with Crippen LogP contribution in [0.15, 0.2) is 194 Å². The first-order valence-electron chi connectivity index (χ1n) is 28.3. The maximum absolute atomic E-state index is 10.2. The lowest BCUT2D eigenvalue weighted by atomic mass is 9.96. The van der Waals surface area contributed by atoms with Gasteiger partial charge in [-0.2, -0.15) is 0 Å². The summed E-state index contributed by atoms with van der Waals surface area (Å²) in [6, 6.07) is 13.5. The highest BCUT2D eigenvalue weighted by atomic mass is 15.0. The first-order chi connectivity index (χ1) is 36.6. The Balaban J connectivity index is 1.25. The molecule has 8 aromatic carbocycles. The van der Waals surface area contributed by atoms with Crippen LogP contribution in [0.4, 0.5) is 0 Å². The number of nitrogens with zero attached hydrogens (tertiary/aromatic N) is 3. The number of aromatic nitrogens is 3. The summed E-state index contributed by atoms with van der Waals surface area (Å²) in [5.74, 6) is 0. The fourth-order valence-corrected chi connectivity index (χ4v) is 7.95. The number of hydrogen-bond acceptors (Lipinski definition) is 0. The summed E-state index contributed by atoms with van der Waals surface area (Å²) in [6.45, 7) is 0. The van der Waals surface area contributed by atoms with Gasteiger partial charge in [0.1, 0.15) is 0 Å². The molecule has 0 N–H and O–H groups in total. The predicted octanol–water partition coefficient (Wildman–Crippen LogP) is 14.1. The van der Waals surface area contributed by atoms with E-state index in [0.717, 1.165) is 15.7 Å². The predicted molar refractivity (Wildman–Crippen MR) is 240 cm³/mol. The summed E-state index contributed by atoms with van der Waals surface area (Å²) < 4.78 is 190. The van der Waals surface area contributed by atoms with E-state index in [2.05, 4.69) is 0 Å². The summed E-state index contributed by atoms with van der Waals surface area (Å²) in [7, 11) is 0. The van der Waals surface area contributed by atoms with Crippen LogP contribution in [0, 0.1) is 0 Å². The van der Waals surface area contributed by atoms with Gasteiger partial charge in [-0.05, 0) is 108 Å². The highest BCUT2D eigenvalue weighted by Gasteiger charge is 2.22. The van der Waals surface area contributed by atoms with E-state index in [1.807, 2.05) is 30.3 Å². The molecule has 1 aliphatic carbocycles. The summed E-state index contributed by atoms with van der Waals surface area (Å²) in [5.41, 5.74) is -0.321. The van der Waals surface area contributed by atoms with Crippen LogP contribution in [0.1, 0.15) is 45.1 Å². The molecule has 268 valence electrons. The minimum Gasteiger partial charge on any atom is -0.310 e. The molecule has 3 heteroatoms. The minimum absolute atomic E-state index is 0.0954. The van der Waals surface area contributed by atoms with Crippen molar-refractivity contribution in [2.45, 2.75) is 12.8 Å². The maximum atomic E-state index is 10.2. The smallest absolute Gasteiger partial charge is 0.0652 e. The second kappa shape index (κ2) is 12.6. The van der Waals surface area contributed by atoms with Gasteiger partial charge in [-0.25, -0.2) is 0 Å². The zero-order chi connectivity index (χ0) is 54.9. The molecule has 0 amide bonds. The number of rotatable bonds is 5. The van der Waals surface area contributed by atoms with Gasteiger partial charge in [0.05, 0.1) is 52.3 Å². The average molecular weight is 748 g/mol. The summed E-state index contributed by atoms with van der Waals surface area (Å²) in [4.78, 5) is 0. The van der Waals surface area contributed by atoms with Crippen LogP contribution in [0.3, 0.4) is 0 Å². The van der Waals surface area contributed by atoms with E-state index < -0.39 is 133 Å². The molecular weight excluding hydrogens is 691 g/mol. The highest BCUT2D eigenvalue weighted by Crippen LogP contribution is 2.42. The molecule has 2 atom stereocenters. The maximum Gasteiger partial charge on any atom is 0.0652 e. The van der Waals surface area contributed by atoms with E-state index in [-0.39, 0.29) is 77.0 Å². The second-order valence-corrected chi connectivity index (χ2v) is 13.5. The van der Waals surface area contributed by atoms with Crippen molar-refractivity contribution in [1.82, 2.24) is 13.7 Å². The van der Waals surface area contributed by atoms with Crippen molar-refractivity contribution in [3.63, 3.8) is 0 Å². The standard InChI is InChI=1S/C54H37N3/c1-3-14-36(15-4-1)37-26-29-40(30-27-37)57-51-25-12-7-18-43(51)46-22-13-21-42(54(46)57)38-28-32-52-47(34-38)44-19-8-11-24-50(44)56(52)41-31-33-53-48(35-41)45-20-9-10-23-49(45)55(53)39-16-5-2-6-17-39/h1-7,9-18,20-35H,8,19H2/i7D,8D,9D,10D,11D,12D,13D,18D,19D,20D,21D,22D,23D,25D,28D,31D,32D,33D,34D,35D. The average Bonchev–Trinajstić information content (AvgIpc) is 4.32. The SMILES string of the molecule is [2H]C1=Cc2c(c3c([2H])c(-c4c([2H])c([2H])c([2H])c5c6c([2H])c([2H])c([2H])c([2H])c6n(-c6ccc(-c7ccccc7)cc6)c45)c([2H])c([2H])c3n2-c2c([2H])c([2H])c3c(c2[2H])c2c([2H])c([2H])c([2H])c([2H])c2n3-c2ccccc2)C([2H])C1[2H]. The minimum atomic E-state index is -1.70. The van der Waals surface area contributed by atoms with E-state index in [0.29, 0.717) is 5.69 Å². The van der Waals surface area contributed by atoms with E-state index in [1.54, 1.807) is 54.6 Å². The van der Waals surface area contributed by atoms with Crippen LogP contribution in [0.2, 0.25) is 0 Å². The van der Waals surface area contributed by atoms with Gasteiger partial charge >= 0.3 is 0 Å². The van der Waals surface area contributed by atoms with Gasteiger partial charge in [0.15, 0.2) is 0 Å².